The Morgan fingerprint density at radius 3 is 2.95 bits per heavy atom. The van der Waals surface area contributed by atoms with Gasteiger partial charge < -0.3 is 10.5 Å². The van der Waals surface area contributed by atoms with Crippen LogP contribution in [0.25, 0.3) is 0 Å². The van der Waals surface area contributed by atoms with Crippen LogP contribution in [-0.4, -0.2) is 15.7 Å². The molecule has 0 aliphatic carbocycles. The SMILES string of the molecule is Nc1cn(CC2Cc3ccccc3O2)c(=O)[nH]c1=O. The number of rotatable bonds is 2. The van der Waals surface area contributed by atoms with Gasteiger partial charge in [-0.1, -0.05) is 18.2 Å². The van der Waals surface area contributed by atoms with Crippen LogP contribution in [0.1, 0.15) is 5.56 Å². The highest BCUT2D eigenvalue weighted by Gasteiger charge is 2.23. The molecular formula is C13H13N3O3. The first-order valence-corrected chi connectivity index (χ1v) is 5.97. The van der Waals surface area contributed by atoms with E-state index in [2.05, 4.69) is 4.98 Å². The third-order valence-electron chi connectivity index (χ3n) is 3.15. The fraction of sp³-hybridized carbons (Fsp3) is 0.231. The number of H-pyrrole nitrogens is 1. The van der Waals surface area contributed by atoms with Crippen molar-refractivity contribution in [2.24, 2.45) is 0 Å². The number of aromatic amines is 1. The zero-order valence-electron chi connectivity index (χ0n) is 10.1. The predicted octanol–water partition coefficient (Wildman–Crippen LogP) is 0.123. The largest absolute Gasteiger partial charge is 0.488 e. The van der Waals surface area contributed by atoms with Crippen LogP contribution in [0.5, 0.6) is 5.75 Å². The fourth-order valence-electron chi connectivity index (χ4n) is 2.24. The molecule has 1 atom stereocenters. The molecule has 1 aliphatic heterocycles. The first-order chi connectivity index (χ1) is 9.13. The lowest BCUT2D eigenvalue weighted by Crippen LogP contribution is -2.35. The van der Waals surface area contributed by atoms with Gasteiger partial charge in [0, 0.05) is 12.6 Å². The molecule has 98 valence electrons. The second-order valence-corrected chi connectivity index (χ2v) is 4.55. The van der Waals surface area contributed by atoms with Crippen molar-refractivity contribution in [1.29, 1.82) is 0 Å². The molecule has 0 spiro atoms. The minimum absolute atomic E-state index is 0.0233. The lowest BCUT2D eigenvalue weighted by molar-refractivity contribution is 0.207. The summed E-state index contributed by atoms with van der Waals surface area (Å²) in [5, 5.41) is 0. The molecule has 0 radical (unpaired) electrons. The van der Waals surface area contributed by atoms with Crippen molar-refractivity contribution in [3.05, 3.63) is 56.9 Å². The standard InChI is InChI=1S/C13H13N3O3/c14-10-7-16(13(18)15-12(10)17)6-9-5-8-3-1-2-4-11(8)19-9/h1-4,7,9H,5-6,14H2,(H,15,17,18). The summed E-state index contributed by atoms with van der Waals surface area (Å²) in [7, 11) is 0. The van der Waals surface area contributed by atoms with Crippen LogP contribution in [0.4, 0.5) is 5.69 Å². The van der Waals surface area contributed by atoms with E-state index in [0.717, 1.165) is 17.7 Å². The van der Waals surface area contributed by atoms with Crippen LogP contribution >= 0.6 is 0 Å². The first-order valence-electron chi connectivity index (χ1n) is 5.97. The summed E-state index contributed by atoms with van der Waals surface area (Å²) in [6, 6.07) is 7.76. The number of para-hydroxylation sites is 1. The smallest absolute Gasteiger partial charge is 0.328 e. The number of hydrogen-bond donors (Lipinski definition) is 2. The first kappa shape index (κ1) is 11.6. The maximum atomic E-state index is 11.6. The van der Waals surface area contributed by atoms with Crippen molar-refractivity contribution < 1.29 is 4.74 Å². The highest BCUT2D eigenvalue weighted by molar-refractivity contribution is 5.37. The Morgan fingerprint density at radius 1 is 1.37 bits per heavy atom. The Hall–Kier alpha value is -2.50. The van der Waals surface area contributed by atoms with Crippen molar-refractivity contribution in [1.82, 2.24) is 9.55 Å². The van der Waals surface area contributed by atoms with Crippen LogP contribution < -0.4 is 21.7 Å². The number of nitrogens with zero attached hydrogens (tertiary/aromatic N) is 1. The molecule has 6 nitrogen and oxygen atoms in total. The fourth-order valence-corrected chi connectivity index (χ4v) is 2.24. The number of benzene rings is 1. The highest BCUT2D eigenvalue weighted by atomic mass is 16.5. The van der Waals surface area contributed by atoms with Gasteiger partial charge in [0.25, 0.3) is 5.56 Å². The average molecular weight is 259 g/mol. The minimum atomic E-state index is -0.558. The van der Waals surface area contributed by atoms with Gasteiger partial charge in [-0.3, -0.25) is 14.3 Å². The molecular weight excluding hydrogens is 246 g/mol. The molecule has 3 N–H and O–H groups in total. The van der Waals surface area contributed by atoms with Crippen LogP contribution in [0.3, 0.4) is 0 Å². The number of fused-ring (bicyclic) bond motifs is 1. The molecule has 2 heterocycles. The van der Waals surface area contributed by atoms with Gasteiger partial charge in [0.05, 0.1) is 6.54 Å². The number of nitrogen functional groups attached to an aromatic ring is 1. The maximum absolute atomic E-state index is 11.6. The van der Waals surface area contributed by atoms with Crippen molar-refractivity contribution in [3.63, 3.8) is 0 Å². The van der Waals surface area contributed by atoms with Gasteiger partial charge >= 0.3 is 5.69 Å². The number of ether oxygens (including phenoxy) is 1. The Labute approximate surface area is 108 Å². The van der Waals surface area contributed by atoms with Gasteiger partial charge in [-0.05, 0) is 11.6 Å². The molecule has 0 saturated carbocycles. The Morgan fingerprint density at radius 2 is 2.16 bits per heavy atom. The Bertz CT molecular complexity index is 707. The summed E-state index contributed by atoms with van der Waals surface area (Å²) in [6.45, 7) is 0.356. The quantitative estimate of drug-likeness (QED) is 0.801. The van der Waals surface area contributed by atoms with Crippen molar-refractivity contribution >= 4 is 5.69 Å². The van der Waals surface area contributed by atoms with E-state index in [0.29, 0.717) is 6.54 Å². The third kappa shape index (κ3) is 2.12. The van der Waals surface area contributed by atoms with Gasteiger partial charge in [0.1, 0.15) is 17.5 Å². The van der Waals surface area contributed by atoms with E-state index in [9.17, 15) is 9.59 Å². The number of aromatic nitrogens is 2. The van der Waals surface area contributed by atoms with E-state index in [1.54, 1.807) is 0 Å². The topological polar surface area (TPSA) is 90.1 Å². The molecule has 1 aromatic heterocycles. The normalized spacial score (nSPS) is 16.9. The molecule has 0 fully saturated rings. The molecule has 0 bridgehead atoms. The predicted molar refractivity (Wildman–Crippen MR) is 70.3 cm³/mol. The summed E-state index contributed by atoms with van der Waals surface area (Å²) < 4.78 is 7.11. The van der Waals surface area contributed by atoms with Crippen molar-refractivity contribution in [3.8, 4) is 5.75 Å². The van der Waals surface area contributed by atoms with Gasteiger partial charge in [-0.25, -0.2) is 4.79 Å². The number of anilines is 1. The summed E-state index contributed by atoms with van der Waals surface area (Å²) >= 11 is 0. The zero-order valence-corrected chi connectivity index (χ0v) is 10.1. The van der Waals surface area contributed by atoms with Crippen molar-refractivity contribution in [2.75, 3.05) is 5.73 Å². The molecule has 19 heavy (non-hydrogen) atoms. The van der Waals surface area contributed by atoms with E-state index < -0.39 is 11.2 Å². The Balaban J connectivity index is 1.83. The molecule has 0 saturated heterocycles. The maximum Gasteiger partial charge on any atom is 0.328 e. The monoisotopic (exact) mass is 259 g/mol. The van der Waals surface area contributed by atoms with Gasteiger partial charge in [-0.2, -0.15) is 0 Å². The van der Waals surface area contributed by atoms with Gasteiger partial charge in [-0.15, -0.1) is 0 Å². The lowest BCUT2D eigenvalue weighted by atomic mass is 10.1. The van der Waals surface area contributed by atoms with E-state index >= 15 is 0 Å². The molecule has 1 aromatic carbocycles. The summed E-state index contributed by atoms with van der Waals surface area (Å²) in [4.78, 5) is 25.0. The summed E-state index contributed by atoms with van der Waals surface area (Å²) in [5.74, 6) is 0.845. The zero-order chi connectivity index (χ0) is 13.4. The van der Waals surface area contributed by atoms with Gasteiger partial charge in [0.15, 0.2) is 0 Å². The number of nitrogens with one attached hydrogen (secondary N) is 1. The molecule has 1 unspecified atom stereocenters. The van der Waals surface area contributed by atoms with E-state index in [1.807, 2.05) is 24.3 Å². The Kier molecular flexibility index (Phi) is 2.63. The molecule has 2 aromatic rings. The molecule has 6 heteroatoms. The van der Waals surface area contributed by atoms with Crippen molar-refractivity contribution in [2.45, 2.75) is 19.1 Å². The summed E-state index contributed by atoms with van der Waals surface area (Å²) in [5.41, 5.74) is 5.62. The van der Waals surface area contributed by atoms with E-state index in [-0.39, 0.29) is 11.8 Å². The molecule has 3 rings (SSSR count). The minimum Gasteiger partial charge on any atom is -0.488 e. The second kappa shape index (κ2) is 4.31. The van der Waals surface area contributed by atoms with E-state index in [1.165, 1.54) is 10.8 Å². The second-order valence-electron chi connectivity index (χ2n) is 4.55. The van der Waals surface area contributed by atoms with E-state index in [4.69, 9.17) is 10.5 Å². The van der Waals surface area contributed by atoms with Crippen LogP contribution in [-0.2, 0) is 13.0 Å². The van der Waals surface area contributed by atoms with Crippen LogP contribution in [0.2, 0.25) is 0 Å². The highest BCUT2D eigenvalue weighted by Crippen LogP contribution is 2.28. The van der Waals surface area contributed by atoms with Gasteiger partial charge in [0.2, 0.25) is 0 Å². The molecule has 1 aliphatic rings. The number of hydrogen-bond acceptors (Lipinski definition) is 4. The summed E-state index contributed by atoms with van der Waals surface area (Å²) in [6.07, 6.45) is 1.97. The molecule has 0 amide bonds. The van der Waals surface area contributed by atoms with Crippen LogP contribution in [0, 0.1) is 0 Å². The number of nitrogens with two attached hydrogens (primary N) is 1. The van der Waals surface area contributed by atoms with Crippen LogP contribution in [0.15, 0.2) is 40.1 Å². The lowest BCUT2D eigenvalue weighted by Gasteiger charge is -2.12. The average Bonchev–Trinajstić information content (AvgIpc) is 2.78. The third-order valence-corrected chi connectivity index (χ3v) is 3.15.